The minimum Gasteiger partial charge on any atom is -0.398 e. The molecule has 0 spiro atoms. The largest absolute Gasteiger partial charge is 0.398 e. The van der Waals surface area contributed by atoms with Gasteiger partial charge in [-0.15, -0.1) is 0 Å². The van der Waals surface area contributed by atoms with E-state index in [2.05, 4.69) is 0 Å². The molecule has 104 valence electrons. The number of benzene rings is 1. The van der Waals surface area contributed by atoms with E-state index in [1.165, 1.54) is 0 Å². The Morgan fingerprint density at radius 3 is 2.95 bits per heavy atom. The Kier molecular flexibility index (Phi) is 4.66. The minimum atomic E-state index is -0.00207. The van der Waals surface area contributed by atoms with Crippen LogP contribution in [0.5, 0.6) is 0 Å². The predicted octanol–water partition coefficient (Wildman–Crippen LogP) is 2.42. The number of carbonyl (C=O) groups is 1. The molecule has 0 aromatic heterocycles. The van der Waals surface area contributed by atoms with Gasteiger partial charge in [0.15, 0.2) is 0 Å². The quantitative estimate of drug-likeness (QED) is 0.863. The van der Waals surface area contributed by atoms with Crippen molar-refractivity contribution in [2.24, 2.45) is 5.92 Å². The summed E-state index contributed by atoms with van der Waals surface area (Å²) in [5, 5.41) is 0.476. The monoisotopic (exact) mass is 282 g/mol. The van der Waals surface area contributed by atoms with Crippen molar-refractivity contribution in [3.8, 4) is 0 Å². The first-order valence-corrected chi connectivity index (χ1v) is 6.91. The van der Waals surface area contributed by atoms with Crippen LogP contribution in [0.25, 0.3) is 0 Å². The lowest BCUT2D eigenvalue weighted by Gasteiger charge is -2.24. The molecule has 1 aromatic rings. The number of ether oxygens (including phenoxy) is 1. The standard InChI is InChI=1S/C14H19ClN2O2/c1-2-17(8-10-5-6-19-9-10)14(18)11-3-4-12(15)13(16)7-11/h3-4,7,10H,2,5-6,8-9,16H2,1H3. The molecule has 1 amide bonds. The maximum Gasteiger partial charge on any atom is 0.253 e. The van der Waals surface area contributed by atoms with Gasteiger partial charge in [0.2, 0.25) is 0 Å². The number of anilines is 1. The third-order valence-corrected chi connectivity index (χ3v) is 3.76. The molecule has 0 aliphatic carbocycles. The molecule has 1 aromatic carbocycles. The summed E-state index contributed by atoms with van der Waals surface area (Å²) in [5.74, 6) is 0.436. The number of carbonyl (C=O) groups excluding carboxylic acids is 1. The molecule has 1 unspecified atom stereocenters. The van der Waals surface area contributed by atoms with E-state index in [1.807, 2.05) is 11.8 Å². The number of rotatable bonds is 4. The molecule has 2 N–H and O–H groups in total. The highest BCUT2D eigenvalue weighted by Crippen LogP contribution is 2.21. The molecule has 2 rings (SSSR count). The van der Waals surface area contributed by atoms with E-state index in [0.717, 1.165) is 26.2 Å². The zero-order chi connectivity index (χ0) is 13.8. The second-order valence-electron chi connectivity index (χ2n) is 4.81. The van der Waals surface area contributed by atoms with E-state index in [4.69, 9.17) is 22.1 Å². The Balaban J connectivity index is 2.08. The van der Waals surface area contributed by atoms with Crippen molar-refractivity contribution in [3.05, 3.63) is 28.8 Å². The summed E-state index contributed by atoms with van der Waals surface area (Å²) in [5.41, 5.74) is 6.76. The van der Waals surface area contributed by atoms with Crippen LogP contribution in [0.4, 0.5) is 5.69 Å². The van der Waals surface area contributed by atoms with Gasteiger partial charge in [0.05, 0.1) is 17.3 Å². The van der Waals surface area contributed by atoms with Crippen molar-refractivity contribution in [2.45, 2.75) is 13.3 Å². The molecular weight excluding hydrogens is 264 g/mol. The van der Waals surface area contributed by atoms with Crippen molar-refractivity contribution in [1.29, 1.82) is 0 Å². The van der Waals surface area contributed by atoms with E-state index in [0.29, 0.717) is 28.7 Å². The number of nitrogens with zero attached hydrogens (tertiary/aromatic N) is 1. The maximum atomic E-state index is 12.4. The summed E-state index contributed by atoms with van der Waals surface area (Å²) >= 11 is 5.87. The van der Waals surface area contributed by atoms with Gasteiger partial charge in [0.1, 0.15) is 0 Å². The minimum absolute atomic E-state index is 0.00207. The molecule has 0 radical (unpaired) electrons. The first-order valence-electron chi connectivity index (χ1n) is 6.54. The summed E-state index contributed by atoms with van der Waals surface area (Å²) < 4.78 is 5.35. The fourth-order valence-electron chi connectivity index (χ4n) is 2.25. The van der Waals surface area contributed by atoms with Crippen LogP contribution >= 0.6 is 11.6 Å². The SMILES string of the molecule is CCN(CC1CCOC1)C(=O)c1ccc(Cl)c(N)c1. The maximum absolute atomic E-state index is 12.4. The summed E-state index contributed by atoms with van der Waals surface area (Å²) in [6.07, 6.45) is 1.02. The number of nitrogen functional groups attached to an aromatic ring is 1. The number of amides is 1. The average molecular weight is 283 g/mol. The van der Waals surface area contributed by atoms with Crippen LogP contribution in [0, 0.1) is 5.92 Å². The lowest BCUT2D eigenvalue weighted by atomic mass is 10.1. The topological polar surface area (TPSA) is 55.6 Å². The van der Waals surface area contributed by atoms with Crippen LogP contribution in [0.15, 0.2) is 18.2 Å². The second-order valence-corrected chi connectivity index (χ2v) is 5.22. The lowest BCUT2D eigenvalue weighted by molar-refractivity contribution is 0.0731. The van der Waals surface area contributed by atoms with Gasteiger partial charge in [-0.1, -0.05) is 11.6 Å². The molecule has 1 aliphatic rings. The molecular formula is C14H19ClN2O2. The molecule has 0 saturated carbocycles. The van der Waals surface area contributed by atoms with Gasteiger partial charge in [-0.25, -0.2) is 0 Å². The Hall–Kier alpha value is -1.26. The lowest BCUT2D eigenvalue weighted by Crippen LogP contribution is -2.35. The van der Waals surface area contributed by atoms with E-state index in [9.17, 15) is 4.79 Å². The van der Waals surface area contributed by atoms with Crippen molar-refractivity contribution in [1.82, 2.24) is 4.90 Å². The first kappa shape index (κ1) is 14.2. The molecule has 1 heterocycles. The summed E-state index contributed by atoms with van der Waals surface area (Å²) in [4.78, 5) is 14.2. The fraction of sp³-hybridized carbons (Fsp3) is 0.500. The molecule has 0 bridgehead atoms. The smallest absolute Gasteiger partial charge is 0.253 e. The highest BCUT2D eigenvalue weighted by Gasteiger charge is 2.22. The first-order chi connectivity index (χ1) is 9.11. The van der Waals surface area contributed by atoms with Crippen LogP contribution in [-0.4, -0.2) is 37.1 Å². The van der Waals surface area contributed by atoms with E-state index < -0.39 is 0 Å². The Labute approximate surface area is 118 Å². The van der Waals surface area contributed by atoms with Crippen molar-refractivity contribution in [3.63, 3.8) is 0 Å². The van der Waals surface area contributed by atoms with Crippen molar-refractivity contribution < 1.29 is 9.53 Å². The summed E-state index contributed by atoms with van der Waals surface area (Å²) in [7, 11) is 0. The third-order valence-electron chi connectivity index (χ3n) is 3.41. The van der Waals surface area contributed by atoms with Gasteiger partial charge in [-0.2, -0.15) is 0 Å². The van der Waals surface area contributed by atoms with E-state index in [-0.39, 0.29) is 5.91 Å². The normalized spacial score (nSPS) is 18.5. The van der Waals surface area contributed by atoms with Crippen LogP contribution in [-0.2, 0) is 4.74 Å². The Morgan fingerprint density at radius 2 is 2.37 bits per heavy atom. The van der Waals surface area contributed by atoms with Gasteiger partial charge in [-0.3, -0.25) is 4.79 Å². The van der Waals surface area contributed by atoms with Gasteiger partial charge in [0.25, 0.3) is 5.91 Å². The highest BCUT2D eigenvalue weighted by molar-refractivity contribution is 6.33. The van der Waals surface area contributed by atoms with Crippen LogP contribution in [0.3, 0.4) is 0 Å². The van der Waals surface area contributed by atoms with Crippen LogP contribution in [0.1, 0.15) is 23.7 Å². The molecule has 5 heteroatoms. The molecule has 1 aliphatic heterocycles. The zero-order valence-electron chi connectivity index (χ0n) is 11.1. The van der Waals surface area contributed by atoms with Crippen LogP contribution in [0.2, 0.25) is 5.02 Å². The van der Waals surface area contributed by atoms with Crippen LogP contribution < -0.4 is 5.73 Å². The molecule has 1 saturated heterocycles. The zero-order valence-corrected chi connectivity index (χ0v) is 11.8. The van der Waals surface area contributed by atoms with Gasteiger partial charge in [-0.05, 0) is 31.5 Å². The molecule has 19 heavy (non-hydrogen) atoms. The van der Waals surface area contributed by atoms with Gasteiger partial charge < -0.3 is 15.4 Å². The average Bonchev–Trinajstić information content (AvgIpc) is 2.91. The van der Waals surface area contributed by atoms with Crippen molar-refractivity contribution >= 4 is 23.2 Å². The number of hydrogen-bond acceptors (Lipinski definition) is 3. The predicted molar refractivity (Wildman–Crippen MR) is 76.4 cm³/mol. The van der Waals surface area contributed by atoms with E-state index in [1.54, 1.807) is 18.2 Å². The Bertz CT molecular complexity index is 459. The van der Waals surface area contributed by atoms with Gasteiger partial charge >= 0.3 is 0 Å². The molecule has 1 atom stereocenters. The number of halogens is 1. The highest BCUT2D eigenvalue weighted by atomic mass is 35.5. The second kappa shape index (κ2) is 6.26. The number of nitrogens with two attached hydrogens (primary N) is 1. The Morgan fingerprint density at radius 1 is 1.58 bits per heavy atom. The molecule has 4 nitrogen and oxygen atoms in total. The number of hydrogen-bond donors (Lipinski definition) is 1. The van der Waals surface area contributed by atoms with Gasteiger partial charge in [0, 0.05) is 31.2 Å². The summed E-state index contributed by atoms with van der Waals surface area (Å²) in [6.45, 7) is 4.93. The summed E-state index contributed by atoms with van der Waals surface area (Å²) in [6, 6.07) is 5.02. The third kappa shape index (κ3) is 3.39. The molecule has 1 fully saturated rings. The van der Waals surface area contributed by atoms with Crippen molar-refractivity contribution in [2.75, 3.05) is 32.0 Å². The van der Waals surface area contributed by atoms with E-state index >= 15 is 0 Å². The fourth-order valence-corrected chi connectivity index (χ4v) is 2.37.